The van der Waals surface area contributed by atoms with E-state index in [1.807, 2.05) is 0 Å². The van der Waals surface area contributed by atoms with Crippen molar-refractivity contribution in [1.82, 2.24) is 15.0 Å². The molecule has 8 unspecified atom stereocenters. The number of rotatable bonds is 22. The van der Waals surface area contributed by atoms with E-state index in [1.165, 1.54) is 4.68 Å². The van der Waals surface area contributed by atoms with Gasteiger partial charge in [0.25, 0.3) is 0 Å². The Kier molecular flexibility index (Phi) is 22.0. The molecule has 0 bridgehead atoms. The topological polar surface area (TPSA) is 230 Å². The van der Waals surface area contributed by atoms with Gasteiger partial charge in [-0.05, 0) is 0 Å². The lowest BCUT2D eigenvalue weighted by atomic mass is 9.99. The molecular weight excluding hydrogens is 900 g/mol. The molecule has 3 aliphatic heterocycles. The summed E-state index contributed by atoms with van der Waals surface area (Å²) in [5.74, 6) is 0. The van der Waals surface area contributed by atoms with E-state index in [-0.39, 0.29) is 66.4 Å². The number of hydrogen-bond donors (Lipinski definition) is 1. The van der Waals surface area contributed by atoms with Gasteiger partial charge in [0.1, 0.15) is 54.5 Å². The van der Waals surface area contributed by atoms with E-state index >= 15 is 0 Å². The first-order chi connectivity index (χ1) is 25.8. The van der Waals surface area contributed by atoms with Crippen LogP contribution in [0.15, 0.2) is 6.20 Å². The van der Waals surface area contributed by atoms with Crippen molar-refractivity contribution in [2.45, 2.75) is 104 Å². The first-order valence-electron chi connectivity index (χ1n) is 15.5. The zero-order valence-corrected chi connectivity index (χ0v) is 38.1. The van der Waals surface area contributed by atoms with Crippen LogP contribution in [0, 0.1) is 0 Å². The van der Waals surface area contributed by atoms with E-state index in [9.17, 15) is 23.4 Å². The van der Waals surface area contributed by atoms with Gasteiger partial charge in [-0.1, -0.05) is 5.21 Å². The van der Waals surface area contributed by atoms with Crippen LogP contribution in [0.25, 0.3) is 0 Å². The largest absolute Gasteiger partial charge is 0.390 e. The van der Waals surface area contributed by atoms with Crippen molar-refractivity contribution in [2.24, 2.45) is 0 Å². The second-order valence-electron chi connectivity index (χ2n) is 11.5. The van der Waals surface area contributed by atoms with Gasteiger partial charge < -0.3 is 60.7 Å². The number of aromatic nitrogens is 3. The van der Waals surface area contributed by atoms with Gasteiger partial charge in [-0.3, -0.25) is 18.3 Å². The third kappa shape index (κ3) is 11.9. The Balaban J connectivity index is 1.48. The Hall–Kier alpha value is 1.60. The van der Waals surface area contributed by atoms with Gasteiger partial charge >= 0.3 is 0 Å². The maximum absolute atomic E-state index is 12.5. The van der Waals surface area contributed by atoms with Crippen LogP contribution in [0.1, 0.15) is 5.69 Å². The third-order valence-corrected chi connectivity index (χ3v) is 13.9. The molecule has 1 N–H and O–H groups in total. The van der Waals surface area contributed by atoms with E-state index in [1.54, 1.807) is 6.20 Å². The second-order valence-corrected chi connectivity index (χ2v) is 16.2. The van der Waals surface area contributed by atoms with Crippen molar-refractivity contribution in [3.05, 3.63) is 11.9 Å². The van der Waals surface area contributed by atoms with Crippen LogP contribution >= 0.6 is 90.6 Å². The van der Waals surface area contributed by atoms with Crippen molar-refractivity contribution in [3.8, 4) is 0 Å². The highest BCUT2D eigenvalue weighted by molar-refractivity contribution is 7.30. The SMILES string of the molecule is O=PC[C@H]1O[C@@H](OCC2O[C@@H](OCC3O[C@@H](OCCn4cc(CO)nn4)[C@H](OP)[C@@H](OP)[C@@H]3OP)[C@H](OP)[C@@H](OP)[C@@H]2P=O)[C@H](OP)[C@@H](P=O)[C@@H]1P=O. The van der Waals surface area contributed by atoms with Crippen LogP contribution < -0.4 is 0 Å². The van der Waals surface area contributed by atoms with Gasteiger partial charge in [-0.25, -0.2) is 4.68 Å². The first-order valence-corrected chi connectivity index (χ1v) is 22.0. The van der Waals surface area contributed by atoms with E-state index in [4.69, 9.17) is 55.6 Å². The number of ether oxygens (including phenoxy) is 6. The molecule has 4 heterocycles. The van der Waals surface area contributed by atoms with E-state index in [0.29, 0.717) is 12.2 Å². The summed E-state index contributed by atoms with van der Waals surface area (Å²) in [6.45, 7) is -0.235. The van der Waals surface area contributed by atoms with Crippen LogP contribution in [0.2, 0.25) is 0 Å². The molecule has 3 aliphatic rings. The number of hydrogen-bond acceptors (Lipinski definition) is 19. The molecular formula is C23H41N3O17P10. The predicted molar refractivity (Wildman–Crippen MR) is 204 cm³/mol. The van der Waals surface area contributed by atoms with Gasteiger partial charge in [0.2, 0.25) is 0 Å². The molecule has 0 aromatic carbocycles. The minimum absolute atomic E-state index is 0.0286. The summed E-state index contributed by atoms with van der Waals surface area (Å²) in [4.78, 5) is 0. The van der Waals surface area contributed by atoms with Gasteiger partial charge in [-0.15, -0.1) is 5.10 Å². The highest BCUT2D eigenvalue weighted by atomic mass is 31.1. The van der Waals surface area contributed by atoms with Crippen molar-refractivity contribution in [2.75, 3.05) is 26.0 Å². The highest BCUT2D eigenvalue weighted by Crippen LogP contribution is 2.41. The normalized spacial score (nSPS) is 38.2. The second kappa shape index (κ2) is 24.6. The van der Waals surface area contributed by atoms with Crippen molar-refractivity contribution in [1.29, 1.82) is 0 Å². The van der Waals surface area contributed by atoms with Gasteiger partial charge in [0, 0.05) is 56.8 Å². The fraction of sp³-hybridized carbons (Fsp3) is 0.913. The van der Waals surface area contributed by atoms with E-state index in [0.717, 1.165) is 0 Å². The van der Waals surface area contributed by atoms with Gasteiger partial charge in [-0.2, -0.15) is 0 Å². The summed E-state index contributed by atoms with van der Waals surface area (Å²) in [5.41, 5.74) is -2.03. The summed E-state index contributed by atoms with van der Waals surface area (Å²) >= 11 is 0. The number of nitrogens with zero attached hydrogens (tertiary/aromatic N) is 3. The minimum Gasteiger partial charge on any atom is -0.390 e. The molecule has 30 heteroatoms. The van der Waals surface area contributed by atoms with Crippen LogP contribution in [0.5, 0.6) is 0 Å². The average Bonchev–Trinajstić information content (AvgIpc) is 3.65. The van der Waals surface area contributed by atoms with Crippen molar-refractivity contribution >= 4 is 90.6 Å². The molecule has 0 amide bonds. The summed E-state index contributed by atoms with van der Waals surface area (Å²) in [6, 6.07) is 0. The summed E-state index contributed by atoms with van der Waals surface area (Å²) < 4.78 is 120. The molecule has 3 saturated heterocycles. The Morgan fingerprint density at radius 2 is 1.17 bits per heavy atom. The van der Waals surface area contributed by atoms with E-state index < -0.39 is 90.8 Å². The molecule has 0 spiro atoms. The minimum atomic E-state index is -1.16. The fourth-order valence-electron chi connectivity index (χ4n) is 6.02. The average molecular weight is 941 g/mol. The predicted octanol–water partition coefficient (Wildman–Crippen LogP) is 2.32. The molecule has 1 aromatic rings. The van der Waals surface area contributed by atoms with Crippen LogP contribution in [0.3, 0.4) is 0 Å². The Labute approximate surface area is 325 Å². The smallest absolute Gasteiger partial charge is 0.187 e. The molecule has 1 aromatic heterocycles. The standard InChI is InChI=1S/C23H41N3O17P10/c27-4-8-3-26(25-24-8)1-2-32-21-15(41-47)13(39-45)12(38-44)9(35-21)5-33-22-16(42-48)14(40-46)18(51-29)10(36-22)6-34-23-17(43-49)20(53-31)19(52-30)11(37-23)7-50-28/h3,9-23,27H,1-2,4-7,44-49H2/t9?,10?,11-,12-,13+,14-,15-,16-,17-,18-,19-,20-,21-,22-,23-/m1/s1. The molecule has 0 radical (unpaired) electrons. The maximum Gasteiger partial charge on any atom is 0.187 e. The fourth-order valence-corrected chi connectivity index (χ4v) is 11.0. The molecule has 3 fully saturated rings. The Morgan fingerprint density at radius 3 is 1.72 bits per heavy atom. The zero-order valence-electron chi connectivity index (χ0n) is 27.6. The molecule has 4 rings (SSSR count). The number of aliphatic hydroxyl groups excluding tert-OH is 1. The lowest BCUT2D eigenvalue weighted by molar-refractivity contribution is -0.311. The monoisotopic (exact) mass is 941 g/mol. The van der Waals surface area contributed by atoms with Gasteiger partial charge in [0.15, 0.2) is 52.7 Å². The van der Waals surface area contributed by atoms with Crippen LogP contribution in [-0.2, 0) is 87.0 Å². The molecule has 53 heavy (non-hydrogen) atoms. The summed E-state index contributed by atoms with van der Waals surface area (Å²) in [5, 5.41) is 17.1. The first kappa shape index (κ1) is 47.3. The molecule has 300 valence electrons. The Morgan fingerprint density at radius 1 is 0.642 bits per heavy atom. The molecule has 21 atom stereocenters. The Bertz CT molecular complexity index is 1300. The quantitative estimate of drug-likeness (QED) is 0.165. The van der Waals surface area contributed by atoms with Gasteiger partial charge in [0.05, 0.1) is 68.4 Å². The lowest BCUT2D eigenvalue weighted by Crippen LogP contribution is -2.62. The van der Waals surface area contributed by atoms with Crippen LogP contribution in [-0.4, -0.2) is 137 Å². The molecule has 0 saturated carbocycles. The van der Waals surface area contributed by atoms with E-state index in [2.05, 4.69) is 67.1 Å². The maximum atomic E-state index is 12.5. The molecule has 20 nitrogen and oxygen atoms in total. The third-order valence-electron chi connectivity index (χ3n) is 8.62. The summed E-state index contributed by atoms with van der Waals surface area (Å²) in [6.07, 6.45) is -9.35. The number of aliphatic hydroxyl groups is 1. The van der Waals surface area contributed by atoms with Crippen molar-refractivity contribution < 1.29 is 78.9 Å². The van der Waals surface area contributed by atoms with Crippen LogP contribution in [0.4, 0.5) is 0 Å². The highest BCUT2D eigenvalue weighted by Gasteiger charge is 2.53. The molecule has 0 aliphatic carbocycles. The lowest BCUT2D eigenvalue weighted by Gasteiger charge is -2.46. The zero-order chi connectivity index (χ0) is 38.5. The van der Waals surface area contributed by atoms with Crippen molar-refractivity contribution in [3.63, 3.8) is 0 Å². The summed E-state index contributed by atoms with van der Waals surface area (Å²) in [7, 11) is 11.5.